The highest BCUT2D eigenvalue weighted by Crippen LogP contribution is 2.37. The van der Waals surface area contributed by atoms with E-state index in [0.29, 0.717) is 26.9 Å². The maximum absolute atomic E-state index is 14.0. The van der Waals surface area contributed by atoms with Crippen LogP contribution in [0.3, 0.4) is 0 Å². The summed E-state index contributed by atoms with van der Waals surface area (Å²) in [7, 11) is 0. The molecule has 1 nitrogen and oxygen atoms in total. The monoisotopic (exact) mass is 438 g/mol. The predicted octanol–water partition coefficient (Wildman–Crippen LogP) is 6.22. The van der Waals surface area contributed by atoms with Crippen molar-refractivity contribution in [2.75, 3.05) is 6.61 Å². The molecule has 0 aliphatic heterocycles. The maximum Gasteiger partial charge on any atom is 0.133 e. The van der Waals surface area contributed by atoms with Crippen LogP contribution in [0.4, 0.5) is 8.78 Å². The maximum atomic E-state index is 14.0. The van der Waals surface area contributed by atoms with Crippen molar-refractivity contribution >= 4 is 43.5 Å². The first kappa shape index (κ1) is 16.7. The molecule has 2 rings (SSSR count). The lowest BCUT2D eigenvalue weighted by Gasteiger charge is -2.14. The fourth-order valence-electron chi connectivity index (χ4n) is 1.91. The van der Waals surface area contributed by atoms with Crippen molar-refractivity contribution < 1.29 is 13.5 Å². The number of ether oxygens (including phenoxy) is 1. The Morgan fingerprint density at radius 1 is 1.14 bits per heavy atom. The van der Waals surface area contributed by atoms with E-state index >= 15 is 0 Å². The zero-order valence-corrected chi connectivity index (χ0v) is 14.9. The van der Waals surface area contributed by atoms with Gasteiger partial charge in [-0.25, -0.2) is 8.78 Å². The molecule has 2 aromatic rings. The molecule has 0 N–H and O–H groups in total. The molecule has 0 aromatic heterocycles. The van der Waals surface area contributed by atoms with Gasteiger partial charge < -0.3 is 4.74 Å². The lowest BCUT2D eigenvalue weighted by Crippen LogP contribution is -2.02. The van der Waals surface area contributed by atoms with Crippen LogP contribution in [0.25, 0.3) is 0 Å². The summed E-state index contributed by atoms with van der Waals surface area (Å²) in [5.74, 6) is -0.722. The Hall–Kier alpha value is -0.650. The molecule has 0 spiro atoms. The van der Waals surface area contributed by atoms with E-state index < -0.39 is 17.0 Å². The van der Waals surface area contributed by atoms with Crippen LogP contribution in [0, 0.1) is 11.6 Å². The SMILES string of the molecule is CCOc1ccc(C(Cl)c2c(F)cc(Br)cc2F)cc1Br. The van der Waals surface area contributed by atoms with Gasteiger partial charge in [-0.2, -0.15) is 0 Å². The van der Waals surface area contributed by atoms with Crippen molar-refractivity contribution in [2.45, 2.75) is 12.3 Å². The smallest absolute Gasteiger partial charge is 0.133 e. The van der Waals surface area contributed by atoms with Crippen LogP contribution in [-0.2, 0) is 0 Å². The Labute approximate surface area is 143 Å². The normalized spacial score (nSPS) is 12.3. The zero-order valence-electron chi connectivity index (χ0n) is 11.0. The largest absolute Gasteiger partial charge is 0.493 e. The molecule has 0 amide bonds. The van der Waals surface area contributed by atoms with E-state index in [-0.39, 0.29) is 5.56 Å². The number of hydrogen-bond donors (Lipinski definition) is 0. The summed E-state index contributed by atoms with van der Waals surface area (Å²) in [4.78, 5) is 0. The number of benzene rings is 2. The average Bonchev–Trinajstić information content (AvgIpc) is 2.40. The lowest BCUT2D eigenvalue weighted by molar-refractivity contribution is 0.338. The third-order valence-corrected chi connectivity index (χ3v) is 4.39. The summed E-state index contributed by atoms with van der Waals surface area (Å²) >= 11 is 12.6. The highest BCUT2D eigenvalue weighted by atomic mass is 79.9. The van der Waals surface area contributed by atoms with Gasteiger partial charge in [0.05, 0.1) is 16.5 Å². The van der Waals surface area contributed by atoms with Gasteiger partial charge in [0, 0.05) is 10.0 Å². The minimum absolute atomic E-state index is 0.170. The topological polar surface area (TPSA) is 9.23 Å². The third kappa shape index (κ3) is 3.76. The average molecular weight is 441 g/mol. The van der Waals surface area contributed by atoms with Crippen molar-refractivity contribution in [2.24, 2.45) is 0 Å². The number of alkyl halides is 1. The Bertz CT molecular complexity index is 641. The first-order valence-electron chi connectivity index (χ1n) is 6.14. The van der Waals surface area contributed by atoms with Crippen LogP contribution < -0.4 is 4.74 Å². The van der Waals surface area contributed by atoms with Gasteiger partial charge in [0.2, 0.25) is 0 Å². The minimum atomic E-state index is -0.926. The highest BCUT2D eigenvalue weighted by Gasteiger charge is 2.21. The van der Waals surface area contributed by atoms with Crippen LogP contribution in [0.5, 0.6) is 5.75 Å². The van der Waals surface area contributed by atoms with Crippen molar-refractivity contribution in [1.82, 2.24) is 0 Å². The van der Waals surface area contributed by atoms with E-state index in [9.17, 15) is 8.78 Å². The summed E-state index contributed by atoms with van der Waals surface area (Å²) < 4.78 is 34.3. The lowest BCUT2D eigenvalue weighted by atomic mass is 10.0. The van der Waals surface area contributed by atoms with E-state index in [4.69, 9.17) is 16.3 Å². The van der Waals surface area contributed by atoms with Crippen LogP contribution >= 0.6 is 43.5 Å². The van der Waals surface area contributed by atoms with Crippen molar-refractivity contribution in [3.05, 3.63) is 62.0 Å². The molecular formula is C15H11Br2ClF2O. The molecule has 0 fully saturated rings. The van der Waals surface area contributed by atoms with Crippen LogP contribution in [-0.4, -0.2) is 6.61 Å². The molecule has 0 heterocycles. The fourth-order valence-corrected chi connectivity index (χ4v) is 3.17. The fraction of sp³-hybridized carbons (Fsp3) is 0.200. The van der Waals surface area contributed by atoms with E-state index in [1.807, 2.05) is 6.92 Å². The van der Waals surface area contributed by atoms with Gasteiger partial charge in [-0.1, -0.05) is 22.0 Å². The summed E-state index contributed by atoms with van der Waals surface area (Å²) in [5, 5.41) is -0.926. The molecule has 112 valence electrons. The zero-order chi connectivity index (χ0) is 15.6. The molecule has 1 atom stereocenters. The van der Waals surface area contributed by atoms with Gasteiger partial charge >= 0.3 is 0 Å². The van der Waals surface area contributed by atoms with Crippen LogP contribution in [0.1, 0.15) is 23.4 Å². The standard InChI is InChI=1S/C15H11Br2ClF2O/c1-2-21-13-4-3-8(5-10(13)17)15(18)14-11(19)6-9(16)7-12(14)20/h3-7,15H,2H2,1H3. The molecule has 0 aliphatic rings. The van der Waals surface area contributed by atoms with Gasteiger partial charge in [0.15, 0.2) is 0 Å². The van der Waals surface area contributed by atoms with Gasteiger partial charge in [0.25, 0.3) is 0 Å². The molecule has 21 heavy (non-hydrogen) atoms. The number of halogens is 5. The van der Waals surface area contributed by atoms with Crippen molar-refractivity contribution in [3.63, 3.8) is 0 Å². The summed E-state index contributed by atoms with van der Waals surface area (Å²) in [6.07, 6.45) is 0. The van der Waals surface area contributed by atoms with Crippen molar-refractivity contribution in [1.29, 1.82) is 0 Å². The van der Waals surface area contributed by atoms with Gasteiger partial charge in [-0.3, -0.25) is 0 Å². The van der Waals surface area contributed by atoms with Crippen LogP contribution in [0.2, 0.25) is 0 Å². The van der Waals surface area contributed by atoms with Gasteiger partial charge in [-0.15, -0.1) is 11.6 Å². The highest BCUT2D eigenvalue weighted by molar-refractivity contribution is 9.10. The summed E-state index contributed by atoms with van der Waals surface area (Å²) in [6, 6.07) is 7.49. The minimum Gasteiger partial charge on any atom is -0.493 e. The Balaban J connectivity index is 2.41. The second-order valence-electron chi connectivity index (χ2n) is 4.27. The van der Waals surface area contributed by atoms with E-state index in [2.05, 4.69) is 31.9 Å². The second kappa shape index (κ2) is 7.07. The Morgan fingerprint density at radius 2 is 1.76 bits per heavy atom. The first-order chi connectivity index (χ1) is 9.93. The molecule has 0 bridgehead atoms. The molecular weight excluding hydrogens is 429 g/mol. The Kier molecular flexibility index (Phi) is 5.63. The van der Waals surface area contributed by atoms with E-state index in [1.165, 1.54) is 12.1 Å². The first-order valence-corrected chi connectivity index (χ1v) is 8.17. The second-order valence-corrected chi connectivity index (χ2v) is 6.47. The van der Waals surface area contributed by atoms with E-state index in [1.54, 1.807) is 18.2 Å². The molecule has 0 saturated carbocycles. The molecule has 2 aromatic carbocycles. The quantitative estimate of drug-likeness (QED) is 0.513. The number of rotatable bonds is 4. The Morgan fingerprint density at radius 3 is 2.29 bits per heavy atom. The summed E-state index contributed by atoms with van der Waals surface area (Å²) in [6.45, 7) is 2.40. The summed E-state index contributed by atoms with van der Waals surface area (Å²) in [5.41, 5.74) is 0.406. The molecule has 0 saturated heterocycles. The van der Waals surface area contributed by atoms with E-state index in [0.717, 1.165) is 0 Å². The van der Waals surface area contributed by atoms with Gasteiger partial charge in [0.1, 0.15) is 17.4 Å². The predicted molar refractivity (Wildman–Crippen MR) is 87.1 cm³/mol. The number of hydrogen-bond acceptors (Lipinski definition) is 1. The van der Waals surface area contributed by atoms with Crippen LogP contribution in [0.15, 0.2) is 39.3 Å². The molecule has 1 unspecified atom stereocenters. The van der Waals surface area contributed by atoms with Gasteiger partial charge in [-0.05, 0) is 52.7 Å². The third-order valence-electron chi connectivity index (χ3n) is 2.85. The molecule has 6 heteroatoms. The van der Waals surface area contributed by atoms with Crippen molar-refractivity contribution in [3.8, 4) is 5.75 Å². The molecule has 0 aliphatic carbocycles. The molecule has 0 radical (unpaired) electrons.